The Labute approximate surface area is 312 Å². The number of hydrogen-bond donors (Lipinski definition) is 0. The van der Waals surface area contributed by atoms with Gasteiger partial charge in [-0.15, -0.1) is 0 Å². The molecule has 12 rings (SSSR count). The van der Waals surface area contributed by atoms with Crippen molar-refractivity contribution in [1.29, 1.82) is 0 Å². The molecule has 54 heavy (non-hydrogen) atoms. The number of rotatable bonds is 3. The predicted octanol–water partition coefficient (Wildman–Crippen LogP) is 13.0. The normalized spacial score (nSPS) is 14.3. The molecule has 1 unspecified atom stereocenters. The third-order valence-corrected chi connectivity index (χ3v) is 11.9. The molecule has 0 radical (unpaired) electrons. The fourth-order valence-electron chi connectivity index (χ4n) is 9.56. The molecule has 3 aromatic heterocycles. The third kappa shape index (κ3) is 4.18. The van der Waals surface area contributed by atoms with Crippen LogP contribution in [-0.2, 0) is 6.42 Å². The van der Waals surface area contributed by atoms with Crippen LogP contribution in [0, 0.1) is 0 Å². The number of benzene rings is 8. The van der Waals surface area contributed by atoms with Crippen LogP contribution < -0.4 is 0 Å². The molecule has 0 spiro atoms. The van der Waals surface area contributed by atoms with Gasteiger partial charge in [0.05, 0.1) is 27.8 Å². The van der Waals surface area contributed by atoms with Crippen LogP contribution in [0.15, 0.2) is 170 Å². The first-order chi connectivity index (χ1) is 26.8. The molecule has 8 aromatic carbocycles. The van der Waals surface area contributed by atoms with Crippen molar-refractivity contribution >= 4 is 59.8 Å². The summed E-state index contributed by atoms with van der Waals surface area (Å²) in [5.41, 5.74) is 14.7. The molecule has 1 atom stereocenters. The van der Waals surface area contributed by atoms with E-state index in [4.69, 9.17) is 9.97 Å². The maximum atomic E-state index is 5.50. The van der Waals surface area contributed by atoms with Crippen molar-refractivity contribution in [1.82, 2.24) is 14.4 Å². The van der Waals surface area contributed by atoms with E-state index < -0.39 is 0 Å². The number of hydrogen-bond acceptors (Lipinski definition) is 2. The van der Waals surface area contributed by atoms with E-state index in [0.29, 0.717) is 0 Å². The summed E-state index contributed by atoms with van der Waals surface area (Å²) in [6, 6.07) is 61.9. The quantitative estimate of drug-likeness (QED) is 0.185. The van der Waals surface area contributed by atoms with Crippen LogP contribution in [0.4, 0.5) is 0 Å². The molecule has 0 saturated carbocycles. The third-order valence-electron chi connectivity index (χ3n) is 11.9. The fraction of sp³-hybridized carbons (Fsp3) is 0.0588. The summed E-state index contributed by atoms with van der Waals surface area (Å²) in [6.45, 7) is 0. The van der Waals surface area contributed by atoms with Crippen LogP contribution >= 0.6 is 0 Å². The molecule has 0 fully saturated rings. The maximum Gasteiger partial charge on any atom is 0.137 e. The summed E-state index contributed by atoms with van der Waals surface area (Å²) in [6.07, 6.45) is 1.84. The Morgan fingerprint density at radius 2 is 1.20 bits per heavy atom. The van der Waals surface area contributed by atoms with Gasteiger partial charge in [-0.2, -0.15) is 0 Å². The second-order valence-corrected chi connectivity index (χ2v) is 14.8. The molecule has 3 heteroatoms. The molecule has 252 valence electrons. The summed E-state index contributed by atoms with van der Waals surface area (Å²) >= 11 is 0. The summed E-state index contributed by atoms with van der Waals surface area (Å²) in [5, 5.41) is 8.99. The highest BCUT2D eigenvalue weighted by Crippen LogP contribution is 2.51. The van der Waals surface area contributed by atoms with E-state index in [9.17, 15) is 0 Å². The molecule has 0 aliphatic heterocycles. The zero-order valence-electron chi connectivity index (χ0n) is 29.5. The van der Waals surface area contributed by atoms with Gasteiger partial charge in [0.2, 0.25) is 0 Å². The second-order valence-electron chi connectivity index (χ2n) is 14.8. The van der Waals surface area contributed by atoms with E-state index in [0.717, 1.165) is 40.8 Å². The minimum atomic E-state index is 0.0272. The second kappa shape index (κ2) is 11.3. The van der Waals surface area contributed by atoms with Crippen LogP contribution in [0.2, 0.25) is 0 Å². The van der Waals surface area contributed by atoms with Crippen molar-refractivity contribution in [2.45, 2.75) is 18.8 Å². The SMILES string of the molecule is c1ccc(-c2ccc(-c3nc(C4CCc5cc6c7ccccc7n7c8ccc9ccccc9c8c(c5-c5ccccc54)c67)nc4ccccc34)cc2)cc1. The largest absolute Gasteiger partial charge is 0.308 e. The molecule has 11 aromatic rings. The number of fused-ring (bicyclic) bond motifs is 13. The van der Waals surface area contributed by atoms with Gasteiger partial charge in [-0.3, -0.25) is 0 Å². The molecule has 1 aliphatic rings. The summed E-state index contributed by atoms with van der Waals surface area (Å²) in [4.78, 5) is 10.9. The highest BCUT2D eigenvalue weighted by atomic mass is 14.9. The van der Waals surface area contributed by atoms with Crippen molar-refractivity contribution in [3.63, 3.8) is 0 Å². The van der Waals surface area contributed by atoms with Crippen molar-refractivity contribution in [2.24, 2.45) is 0 Å². The molecule has 0 N–H and O–H groups in total. The van der Waals surface area contributed by atoms with Gasteiger partial charge in [0, 0.05) is 38.4 Å². The zero-order valence-corrected chi connectivity index (χ0v) is 29.5. The highest BCUT2D eigenvalue weighted by Gasteiger charge is 2.31. The van der Waals surface area contributed by atoms with Crippen molar-refractivity contribution in [2.75, 3.05) is 0 Å². The van der Waals surface area contributed by atoms with Crippen molar-refractivity contribution in [3.8, 4) is 33.5 Å². The van der Waals surface area contributed by atoms with E-state index >= 15 is 0 Å². The van der Waals surface area contributed by atoms with E-state index in [1.165, 1.54) is 82.2 Å². The first-order valence-electron chi connectivity index (χ1n) is 18.9. The molecular weight excluding hydrogens is 655 g/mol. The monoisotopic (exact) mass is 687 g/mol. The first-order valence-corrected chi connectivity index (χ1v) is 18.9. The summed E-state index contributed by atoms with van der Waals surface area (Å²) in [5.74, 6) is 0.914. The van der Waals surface area contributed by atoms with E-state index in [1.807, 2.05) is 0 Å². The molecule has 0 amide bonds. The van der Waals surface area contributed by atoms with E-state index in [2.05, 4.69) is 174 Å². The van der Waals surface area contributed by atoms with Crippen LogP contribution in [0.3, 0.4) is 0 Å². The Morgan fingerprint density at radius 3 is 2.09 bits per heavy atom. The van der Waals surface area contributed by atoms with Gasteiger partial charge in [0.15, 0.2) is 0 Å². The lowest BCUT2D eigenvalue weighted by Gasteiger charge is -2.19. The van der Waals surface area contributed by atoms with Gasteiger partial charge in [-0.1, -0.05) is 146 Å². The average Bonchev–Trinajstić information content (AvgIpc) is 3.70. The Morgan fingerprint density at radius 1 is 0.500 bits per heavy atom. The fourth-order valence-corrected chi connectivity index (χ4v) is 9.56. The van der Waals surface area contributed by atoms with Crippen LogP contribution in [0.25, 0.3) is 93.3 Å². The minimum Gasteiger partial charge on any atom is -0.308 e. The predicted molar refractivity (Wildman–Crippen MR) is 225 cm³/mol. The van der Waals surface area contributed by atoms with Crippen molar-refractivity contribution < 1.29 is 0 Å². The first kappa shape index (κ1) is 29.7. The van der Waals surface area contributed by atoms with Crippen LogP contribution in [0.5, 0.6) is 0 Å². The Hall–Kier alpha value is -6.84. The standard InChI is InChI=1S/C51H33N3/c1-2-12-31(13-3-1)32-22-24-34(25-23-32)49-41-19-8-10-20-43(41)52-51(53-49)40-28-26-35-30-42-38-17-9-11-21-44(38)54-45-29-27-33-14-4-5-15-36(33)47(45)48(50(42)54)46(35)39-18-7-6-16-37(39)40/h1-25,27,29-30,40H,26,28H2. The van der Waals surface area contributed by atoms with Gasteiger partial charge >= 0.3 is 0 Å². The zero-order chi connectivity index (χ0) is 35.3. The van der Waals surface area contributed by atoms with Gasteiger partial charge in [-0.05, 0) is 81.3 Å². The average molecular weight is 688 g/mol. The molecule has 3 heterocycles. The maximum absolute atomic E-state index is 5.50. The van der Waals surface area contributed by atoms with E-state index in [-0.39, 0.29) is 5.92 Å². The lowest BCUT2D eigenvalue weighted by Crippen LogP contribution is -2.08. The van der Waals surface area contributed by atoms with Crippen LogP contribution in [0.1, 0.15) is 29.3 Å². The smallest absolute Gasteiger partial charge is 0.137 e. The Bertz CT molecular complexity index is 3270. The summed E-state index contributed by atoms with van der Waals surface area (Å²) in [7, 11) is 0. The number of aryl methyl sites for hydroxylation is 1. The van der Waals surface area contributed by atoms with Crippen LogP contribution in [-0.4, -0.2) is 14.4 Å². The van der Waals surface area contributed by atoms with Gasteiger partial charge in [0.1, 0.15) is 5.82 Å². The highest BCUT2D eigenvalue weighted by molar-refractivity contribution is 6.32. The number of aromatic nitrogens is 3. The lowest BCUT2D eigenvalue weighted by molar-refractivity contribution is 0.685. The number of para-hydroxylation sites is 2. The molecule has 1 aliphatic carbocycles. The Balaban J connectivity index is 1.11. The van der Waals surface area contributed by atoms with Crippen molar-refractivity contribution in [3.05, 3.63) is 187 Å². The summed E-state index contributed by atoms with van der Waals surface area (Å²) < 4.78 is 2.52. The lowest BCUT2D eigenvalue weighted by atomic mass is 9.88. The minimum absolute atomic E-state index is 0.0272. The topological polar surface area (TPSA) is 30.2 Å². The molecule has 3 nitrogen and oxygen atoms in total. The van der Waals surface area contributed by atoms with Gasteiger partial charge in [-0.25, -0.2) is 9.97 Å². The van der Waals surface area contributed by atoms with E-state index in [1.54, 1.807) is 0 Å². The molecular formula is C51H33N3. The Kier molecular flexibility index (Phi) is 6.23. The molecule has 0 bridgehead atoms. The molecule has 0 saturated heterocycles. The number of nitrogens with zero attached hydrogens (tertiary/aromatic N) is 3. The van der Waals surface area contributed by atoms with Gasteiger partial charge in [0.25, 0.3) is 0 Å². The van der Waals surface area contributed by atoms with Gasteiger partial charge < -0.3 is 4.40 Å².